The Labute approximate surface area is 131 Å². The van der Waals surface area contributed by atoms with Crippen molar-refractivity contribution in [1.82, 2.24) is 9.03 Å². The van der Waals surface area contributed by atoms with E-state index < -0.39 is 22.2 Å². The molecular weight excluding hydrogens is 302 g/mol. The lowest BCUT2D eigenvalue weighted by atomic mass is 9.94. The van der Waals surface area contributed by atoms with Crippen molar-refractivity contribution in [3.63, 3.8) is 0 Å². The average molecular weight is 325 g/mol. The average Bonchev–Trinajstić information content (AvgIpc) is 2.44. The zero-order valence-corrected chi connectivity index (χ0v) is 13.7. The Bertz CT molecular complexity index is 608. The van der Waals surface area contributed by atoms with Gasteiger partial charge >= 0.3 is 0 Å². The normalized spacial score (nSPS) is 24.8. The number of rotatable bonds is 5. The first-order chi connectivity index (χ1) is 10.3. The molecule has 0 bridgehead atoms. The summed E-state index contributed by atoms with van der Waals surface area (Å²) in [6.07, 6.45) is 1.00. The van der Waals surface area contributed by atoms with Crippen molar-refractivity contribution < 1.29 is 13.2 Å². The fourth-order valence-corrected chi connectivity index (χ4v) is 4.56. The quantitative estimate of drug-likeness (QED) is 0.846. The molecule has 3 N–H and O–H groups in total. The van der Waals surface area contributed by atoms with E-state index in [0.29, 0.717) is 30.5 Å². The smallest absolute Gasteiger partial charge is 0.280 e. The maximum atomic E-state index is 12.6. The lowest BCUT2D eigenvalue weighted by molar-refractivity contribution is -0.119. The summed E-state index contributed by atoms with van der Waals surface area (Å²) in [5, 5.41) is 0. The molecule has 1 fully saturated rings. The highest BCUT2D eigenvalue weighted by atomic mass is 32.2. The van der Waals surface area contributed by atoms with Crippen LogP contribution in [-0.4, -0.2) is 31.7 Å². The molecule has 1 saturated heterocycles. The van der Waals surface area contributed by atoms with Crippen LogP contribution >= 0.6 is 0 Å². The maximum Gasteiger partial charge on any atom is 0.280 e. The molecule has 1 aliphatic heterocycles. The summed E-state index contributed by atoms with van der Waals surface area (Å²) in [6, 6.07) is 7.58. The van der Waals surface area contributed by atoms with Crippen LogP contribution < -0.4 is 10.5 Å². The molecule has 1 aliphatic rings. The SMILES string of the molecule is CC1CC(C)CN(S(=O)(=O)NC(C(N)=O)c2ccccc2)C1. The molecule has 1 aromatic rings. The van der Waals surface area contributed by atoms with E-state index in [1.54, 1.807) is 30.3 Å². The molecule has 2 rings (SSSR count). The number of nitrogens with zero attached hydrogens (tertiary/aromatic N) is 1. The summed E-state index contributed by atoms with van der Waals surface area (Å²) in [5.41, 5.74) is 5.91. The van der Waals surface area contributed by atoms with Gasteiger partial charge in [0.05, 0.1) is 0 Å². The molecular formula is C15H23N3O3S. The number of primary amides is 1. The fraction of sp³-hybridized carbons (Fsp3) is 0.533. The lowest BCUT2D eigenvalue weighted by Gasteiger charge is -2.34. The predicted molar refractivity (Wildman–Crippen MR) is 85.0 cm³/mol. The molecule has 6 nitrogen and oxygen atoms in total. The van der Waals surface area contributed by atoms with Crippen LogP contribution in [0.2, 0.25) is 0 Å². The van der Waals surface area contributed by atoms with Gasteiger partial charge in [-0.1, -0.05) is 44.2 Å². The van der Waals surface area contributed by atoms with Crippen molar-refractivity contribution in [3.8, 4) is 0 Å². The first kappa shape index (κ1) is 16.9. The van der Waals surface area contributed by atoms with Gasteiger partial charge in [0.15, 0.2) is 0 Å². The van der Waals surface area contributed by atoms with Gasteiger partial charge in [-0.15, -0.1) is 0 Å². The van der Waals surface area contributed by atoms with E-state index in [0.717, 1.165) is 6.42 Å². The largest absolute Gasteiger partial charge is 0.368 e. The first-order valence-electron chi connectivity index (χ1n) is 7.41. The van der Waals surface area contributed by atoms with Crippen molar-refractivity contribution in [2.45, 2.75) is 26.3 Å². The molecule has 0 aromatic heterocycles. The molecule has 7 heteroatoms. The Hall–Kier alpha value is -1.44. The third-order valence-corrected chi connectivity index (χ3v) is 5.37. The van der Waals surface area contributed by atoms with Crippen molar-refractivity contribution in [3.05, 3.63) is 35.9 Å². The van der Waals surface area contributed by atoms with Gasteiger partial charge in [0, 0.05) is 13.1 Å². The summed E-state index contributed by atoms with van der Waals surface area (Å²) in [5.74, 6) is -0.124. The Morgan fingerprint density at radius 3 is 2.27 bits per heavy atom. The molecule has 0 spiro atoms. The van der Waals surface area contributed by atoms with Crippen molar-refractivity contribution in [1.29, 1.82) is 0 Å². The van der Waals surface area contributed by atoms with Gasteiger partial charge in [-0.2, -0.15) is 17.4 Å². The minimum absolute atomic E-state index is 0.295. The number of benzene rings is 1. The van der Waals surface area contributed by atoms with E-state index in [2.05, 4.69) is 4.72 Å². The zero-order valence-electron chi connectivity index (χ0n) is 12.9. The molecule has 22 heavy (non-hydrogen) atoms. The summed E-state index contributed by atoms with van der Waals surface area (Å²) in [6.45, 7) is 4.97. The minimum atomic E-state index is -3.76. The van der Waals surface area contributed by atoms with Crippen LogP contribution in [0.25, 0.3) is 0 Å². The molecule has 1 aromatic carbocycles. The van der Waals surface area contributed by atoms with E-state index in [1.807, 2.05) is 13.8 Å². The number of nitrogens with one attached hydrogen (secondary N) is 1. The number of hydrogen-bond acceptors (Lipinski definition) is 3. The van der Waals surface area contributed by atoms with Crippen LogP contribution in [0, 0.1) is 11.8 Å². The molecule has 0 radical (unpaired) electrons. The number of hydrogen-bond donors (Lipinski definition) is 2. The maximum absolute atomic E-state index is 12.6. The predicted octanol–water partition coefficient (Wildman–Crippen LogP) is 1.03. The summed E-state index contributed by atoms with van der Waals surface area (Å²) in [7, 11) is -3.76. The molecule has 1 heterocycles. The summed E-state index contributed by atoms with van der Waals surface area (Å²) >= 11 is 0. The first-order valence-corrected chi connectivity index (χ1v) is 8.85. The molecule has 0 aliphatic carbocycles. The van der Waals surface area contributed by atoms with Crippen LogP contribution in [0.1, 0.15) is 31.9 Å². The van der Waals surface area contributed by atoms with Crippen LogP contribution in [0.5, 0.6) is 0 Å². The van der Waals surface area contributed by atoms with Gasteiger partial charge in [0.25, 0.3) is 10.2 Å². The topological polar surface area (TPSA) is 92.5 Å². The standard InChI is InChI=1S/C15H23N3O3S/c1-11-8-12(2)10-18(9-11)22(20,21)17-14(15(16)19)13-6-4-3-5-7-13/h3-7,11-12,14,17H,8-10H2,1-2H3,(H2,16,19). The third kappa shape index (κ3) is 4.06. The van der Waals surface area contributed by atoms with E-state index in [-0.39, 0.29) is 0 Å². The second-order valence-corrected chi connectivity index (χ2v) is 7.83. The summed E-state index contributed by atoms with van der Waals surface area (Å²) < 4.78 is 29.0. The lowest BCUT2D eigenvalue weighted by Crippen LogP contribution is -2.50. The van der Waals surface area contributed by atoms with Gasteiger partial charge in [-0.25, -0.2) is 0 Å². The van der Waals surface area contributed by atoms with Gasteiger partial charge in [0.2, 0.25) is 5.91 Å². The van der Waals surface area contributed by atoms with Gasteiger partial charge < -0.3 is 5.73 Å². The van der Waals surface area contributed by atoms with E-state index >= 15 is 0 Å². The number of piperidine rings is 1. The van der Waals surface area contributed by atoms with Crippen molar-refractivity contribution in [2.75, 3.05) is 13.1 Å². The number of amides is 1. The van der Waals surface area contributed by atoms with Crippen LogP contribution in [0.3, 0.4) is 0 Å². The summed E-state index contributed by atoms with van der Waals surface area (Å²) in [4.78, 5) is 11.7. The number of carbonyl (C=O) groups excluding carboxylic acids is 1. The zero-order chi connectivity index (χ0) is 16.3. The monoisotopic (exact) mass is 325 g/mol. The van der Waals surface area contributed by atoms with Crippen molar-refractivity contribution >= 4 is 16.1 Å². The number of carbonyl (C=O) groups is 1. The second-order valence-electron chi connectivity index (χ2n) is 6.13. The Morgan fingerprint density at radius 1 is 1.23 bits per heavy atom. The van der Waals surface area contributed by atoms with Gasteiger partial charge in [-0.05, 0) is 23.8 Å². The Kier molecular flexibility index (Phi) is 5.20. The second kappa shape index (κ2) is 6.76. The minimum Gasteiger partial charge on any atom is -0.368 e. The van der Waals surface area contributed by atoms with E-state index in [1.165, 1.54) is 4.31 Å². The Morgan fingerprint density at radius 2 is 1.77 bits per heavy atom. The molecule has 3 unspecified atom stereocenters. The van der Waals surface area contributed by atoms with Crippen molar-refractivity contribution in [2.24, 2.45) is 17.6 Å². The molecule has 122 valence electrons. The molecule has 1 amide bonds. The highest BCUT2D eigenvalue weighted by molar-refractivity contribution is 7.87. The van der Waals surface area contributed by atoms with Gasteiger partial charge in [-0.3, -0.25) is 4.79 Å². The van der Waals surface area contributed by atoms with Crippen LogP contribution in [0.4, 0.5) is 0 Å². The molecule has 0 saturated carbocycles. The fourth-order valence-electron chi connectivity index (χ4n) is 2.96. The van der Waals surface area contributed by atoms with E-state index in [9.17, 15) is 13.2 Å². The van der Waals surface area contributed by atoms with Gasteiger partial charge in [0.1, 0.15) is 6.04 Å². The van der Waals surface area contributed by atoms with E-state index in [4.69, 9.17) is 5.73 Å². The highest BCUT2D eigenvalue weighted by Gasteiger charge is 2.33. The van der Waals surface area contributed by atoms with Crippen LogP contribution in [0.15, 0.2) is 30.3 Å². The Balaban J connectivity index is 2.20. The number of nitrogens with two attached hydrogens (primary N) is 1. The highest BCUT2D eigenvalue weighted by Crippen LogP contribution is 2.24. The molecule has 3 atom stereocenters. The van der Waals surface area contributed by atoms with Crippen LogP contribution in [-0.2, 0) is 15.0 Å². The third-order valence-electron chi connectivity index (χ3n) is 3.86.